The second kappa shape index (κ2) is 14.9. The molecule has 1 aromatic rings. The Bertz CT molecular complexity index is 998. The first-order valence-corrected chi connectivity index (χ1v) is 14.3. The Kier molecular flexibility index (Phi) is 12.3. The van der Waals surface area contributed by atoms with Crippen LogP contribution in [0.5, 0.6) is 0 Å². The fraction of sp³-hybridized carbons (Fsp3) is 0.667. The number of rotatable bonds is 12. The van der Waals surface area contributed by atoms with Gasteiger partial charge in [-0.3, -0.25) is 14.4 Å². The molecule has 1 aliphatic carbocycles. The number of benzene rings is 1. The lowest BCUT2D eigenvalue weighted by Crippen LogP contribution is -2.54. The van der Waals surface area contributed by atoms with E-state index in [0.717, 1.165) is 55.2 Å². The Labute approximate surface area is 233 Å². The molecule has 9 nitrogen and oxygen atoms in total. The first-order valence-electron chi connectivity index (χ1n) is 14.3. The minimum atomic E-state index is -1.08. The maximum absolute atomic E-state index is 14.2. The van der Waals surface area contributed by atoms with E-state index in [4.69, 9.17) is 10.5 Å². The van der Waals surface area contributed by atoms with Crippen LogP contribution in [0.3, 0.4) is 0 Å². The number of nitrogens with two attached hydrogens (primary N) is 1. The van der Waals surface area contributed by atoms with Crippen LogP contribution in [0.25, 0.3) is 0 Å². The first-order chi connectivity index (χ1) is 18.3. The molecule has 1 fully saturated rings. The summed E-state index contributed by atoms with van der Waals surface area (Å²) in [7, 11) is 0. The average Bonchev–Trinajstić information content (AvgIpc) is 2.84. The van der Waals surface area contributed by atoms with E-state index in [-0.39, 0.29) is 24.8 Å². The predicted molar refractivity (Wildman–Crippen MR) is 152 cm³/mol. The van der Waals surface area contributed by atoms with Crippen LogP contribution in [0.4, 0.5) is 4.79 Å². The molecule has 218 valence electrons. The van der Waals surface area contributed by atoms with Crippen molar-refractivity contribution >= 4 is 23.8 Å². The van der Waals surface area contributed by atoms with Crippen molar-refractivity contribution in [1.82, 2.24) is 15.5 Å². The number of carbonyl (C=O) groups is 4. The summed E-state index contributed by atoms with van der Waals surface area (Å²) in [5.74, 6) is -1.26. The van der Waals surface area contributed by atoms with E-state index in [2.05, 4.69) is 10.6 Å². The summed E-state index contributed by atoms with van der Waals surface area (Å²) >= 11 is 0. The number of alkyl carbamates (subject to hydrolysis) is 1. The molecular formula is C30H48N4O5. The van der Waals surface area contributed by atoms with Crippen LogP contribution in [0.15, 0.2) is 18.2 Å². The van der Waals surface area contributed by atoms with Gasteiger partial charge in [0.1, 0.15) is 17.7 Å². The SMILES string of the molecule is CCCCN(C(=O)C(CCC(N)=O)NC(=O)OC(C)(C)C)C(C(=O)NC1CCCCC1)c1ccc(C)cc1C. The molecule has 0 spiro atoms. The van der Waals surface area contributed by atoms with E-state index < -0.39 is 35.6 Å². The van der Waals surface area contributed by atoms with Crippen LogP contribution >= 0.6 is 0 Å². The zero-order chi connectivity index (χ0) is 29.2. The molecular weight excluding hydrogens is 496 g/mol. The van der Waals surface area contributed by atoms with E-state index in [0.29, 0.717) is 13.0 Å². The number of amides is 4. The standard InChI is InChI=1S/C30H48N4O5/c1-7-8-18-34(28(37)24(16-17-25(31)35)33-29(38)39-30(4,5)6)26(23-15-14-20(2)19-21(23)3)27(36)32-22-12-10-9-11-13-22/h14-15,19,22,24,26H,7-13,16-18H2,1-6H3,(H2,31,35)(H,32,36)(H,33,38). The van der Waals surface area contributed by atoms with Gasteiger partial charge in [-0.2, -0.15) is 0 Å². The molecule has 4 amide bonds. The van der Waals surface area contributed by atoms with Crippen LogP contribution < -0.4 is 16.4 Å². The molecule has 1 aliphatic rings. The summed E-state index contributed by atoms with van der Waals surface area (Å²) in [6.07, 6.45) is 5.71. The topological polar surface area (TPSA) is 131 Å². The quantitative estimate of drug-likeness (QED) is 0.354. The Morgan fingerprint density at radius 2 is 1.77 bits per heavy atom. The third-order valence-corrected chi connectivity index (χ3v) is 6.94. The normalized spacial score (nSPS) is 15.6. The number of nitrogens with one attached hydrogen (secondary N) is 2. The summed E-state index contributed by atoms with van der Waals surface area (Å²) in [6, 6.07) is 3.94. The van der Waals surface area contributed by atoms with Crippen LogP contribution in [-0.4, -0.2) is 52.9 Å². The van der Waals surface area contributed by atoms with Crippen molar-refractivity contribution in [3.05, 3.63) is 34.9 Å². The van der Waals surface area contributed by atoms with Crippen molar-refractivity contribution in [2.24, 2.45) is 5.73 Å². The summed E-state index contributed by atoms with van der Waals surface area (Å²) in [6.45, 7) is 11.4. The average molecular weight is 545 g/mol. The van der Waals surface area contributed by atoms with E-state index in [1.165, 1.54) is 0 Å². The number of nitrogens with zero attached hydrogens (tertiary/aromatic N) is 1. The molecule has 2 unspecified atom stereocenters. The van der Waals surface area contributed by atoms with Crippen molar-refractivity contribution in [1.29, 1.82) is 0 Å². The predicted octanol–water partition coefficient (Wildman–Crippen LogP) is 4.58. The van der Waals surface area contributed by atoms with Gasteiger partial charge in [-0.1, -0.05) is 56.4 Å². The highest BCUT2D eigenvalue weighted by molar-refractivity contribution is 5.92. The number of ether oxygens (including phenoxy) is 1. The molecule has 0 bridgehead atoms. The van der Waals surface area contributed by atoms with E-state index >= 15 is 0 Å². The molecule has 0 heterocycles. The van der Waals surface area contributed by atoms with Crippen LogP contribution in [0.2, 0.25) is 0 Å². The maximum atomic E-state index is 14.2. The summed E-state index contributed by atoms with van der Waals surface area (Å²) in [5, 5.41) is 5.86. The van der Waals surface area contributed by atoms with Crippen molar-refractivity contribution in [2.75, 3.05) is 6.54 Å². The van der Waals surface area contributed by atoms with Crippen molar-refractivity contribution < 1.29 is 23.9 Å². The Morgan fingerprint density at radius 1 is 1.10 bits per heavy atom. The zero-order valence-corrected chi connectivity index (χ0v) is 24.6. The van der Waals surface area contributed by atoms with Gasteiger partial charge in [-0.05, 0) is 71.4 Å². The second-order valence-electron chi connectivity index (χ2n) is 11.7. The molecule has 0 saturated heterocycles. The fourth-order valence-electron chi connectivity index (χ4n) is 5.00. The van der Waals surface area contributed by atoms with Gasteiger partial charge < -0.3 is 26.0 Å². The maximum Gasteiger partial charge on any atom is 0.408 e. The monoisotopic (exact) mass is 544 g/mol. The highest BCUT2D eigenvalue weighted by Gasteiger charge is 2.37. The molecule has 4 N–H and O–H groups in total. The molecule has 9 heteroatoms. The highest BCUT2D eigenvalue weighted by atomic mass is 16.6. The van der Waals surface area contributed by atoms with Gasteiger partial charge in [0.2, 0.25) is 17.7 Å². The molecule has 0 radical (unpaired) electrons. The van der Waals surface area contributed by atoms with E-state index in [1.54, 1.807) is 25.7 Å². The van der Waals surface area contributed by atoms with Gasteiger partial charge in [0, 0.05) is 19.0 Å². The van der Waals surface area contributed by atoms with E-state index in [9.17, 15) is 19.2 Å². The number of unbranched alkanes of at least 4 members (excludes halogenated alkanes) is 1. The lowest BCUT2D eigenvalue weighted by atomic mass is 9.93. The first kappa shape index (κ1) is 32.1. The highest BCUT2D eigenvalue weighted by Crippen LogP contribution is 2.28. The number of hydrogen-bond acceptors (Lipinski definition) is 5. The molecule has 1 saturated carbocycles. The van der Waals surface area contributed by atoms with Crippen molar-refractivity contribution in [3.63, 3.8) is 0 Å². The van der Waals surface area contributed by atoms with Gasteiger partial charge >= 0.3 is 6.09 Å². The number of carbonyl (C=O) groups excluding carboxylic acids is 4. The Hall–Kier alpha value is -3.10. The van der Waals surface area contributed by atoms with Gasteiger partial charge in [-0.25, -0.2) is 4.79 Å². The zero-order valence-electron chi connectivity index (χ0n) is 24.6. The number of aryl methyl sites for hydroxylation is 2. The lowest BCUT2D eigenvalue weighted by molar-refractivity contribution is -0.143. The van der Waals surface area contributed by atoms with Crippen LogP contribution in [0, 0.1) is 13.8 Å². The van der Waals surface area contributed by atoms with Crippen molar-refractivity contribution in [3.8, 4) is 0 Å². The lowest BCUT2D eigenvalue weighted by Gasteiger charge is -2.36. The largest absolute Gasteiger partial charge is 0.444 e. The van der Waals surface area contributed by atoms with Gasteiger partial charge in [0.25, 0.3) is 0 Å². The van der Waals surface area contributed by atoms with Crippen molar-refractivity contribution in [2.45, 2.75) is 123 Å². The third-order valence-electron chi connectivity index (χ3n) is 6.94. The minimum absolute atomic E-state index is 0.000120. The molecule has 0 aromatic heterocycles. The molecule has 2 rings (SSSR count). The molecule has 1 aromatic carbocycles. The molecule has 0 aliphatic heterocycles. The molecule has 39 heavy (non-hydrogen) atoms. The number of hydrogen-bond donors (Lipinski definition) is 3. The second-order valence-corrected chi connectivity index (χ2v) is 11.7. The van der Waals surface area contributed by atoms with E-state index in [1.807, 2.05) is 39.0 Å². The Morgan fingerprint density at radius 3 is 2.33 bits per heavy atom. The van der Waals surface area contributed by atoms with Crippen LogP contribution in [-0.2, 0) is 19.1 Å². The fourth-order valence-corrected chi connectivity index (χ4v) is 5.00. The molecule has 2 atom stereocenters. The summed E-state index contributed by atoms with van der Waals surface area (Å²) in [5.41, 5.74) is 7.32. The smallest absolute Gasteiger partial charge is 0.408 e. The van der Waals surface area contributed by atoms with Crippen LogP contribution in [0.1, 0.15) is 108 Å². The Balaban J connectivity index is 2.50. The van der Waals surface area contributed by atoms with Gasteiger partial charge in [0.15, 0.2) is 0 Å². The summed E-state index contributed by atoms with van der Waals surface area (Å²) < 4.78 is 5.40. The third kappa shape index (κ3) is 10.5. The van der Waals surface area contributed by atoms with Gasteiger partial charge in [0.05, 0.1) is 0 Å². The number of primary amides is 1. The minimum Gasteiger partial charge on any atom is -0.444 e. The summed E-state index contributed by atoms with van der Waals surface area (Å²) in [4.78, 5) is 54.0. The van der Waals surface area contributed by atoms with Gasteiger partial charge in [-0.15, -0.1) is 0 Å².